The summed E-state index contributed by atoms with van der Waals surface area (Å²) in [6.45, 7) is 12.6. The molecule has 0 radical (unpaired) electrons. The van der Waals surface area contributed by atoms with Crippen LogP contribution in [0.4, 0.5) is 0 Å². The molecule has 0 saturated carbocycles. The maximum Gasteiger partial charge on any atom is 0.0931 e. The lowest BCUT2D eigenvalue weighted by Crippen LogP contribution is -2.24. The molecule has 0 fully saturated rings. The first-order valence-electron chi connectivity index (χ1n) is 7.30. The third-order valence-electron chi connectivity index (χ3n) is 3.18. The van der Waals surface area contributed by atoms with Gasteiger partial charge in [-0.3, -0.25) is 0 Å². The van der Waals surface area contributed by atoms with Gasteiger partial charge in [-0.15, -0.1) is 11.3 Å². The van der Waals surface area contributed by atoms with Crippen molar-refractivity contribution in [1.82, 2.24) is 5.32 Å². The number of rotatable bonds is 7. The van der Waals surface area contributed by atoms with E-state index in [4.69, 9.17) is 11.6 Å². The van der Waals surface area contributed by atoms with Crippen LogP contribution in [-0.4, -0.2) is 6.54 Å². The van der Waals surface area contributed by atoms with Gasteiger partial charge in [-0.2, -0.15) is 0 Å². The maximum atomic E-state index is 6.07. The van der Waals surface area contributed by atoms with Gasteiger partial charge in [-0.1, -0.05) is 46.2 Å². The summed E-state index contributed by atoms with van der Waals surface area (Å²) in [6.07, 6.45) is 3.62. The summed E-state index contributed by atoms with van der Waals surface area (Å²) in [6, 6.07) is 4.63. The lowest BCUT2D eigenvalue weighted by molar-refractivity contribution is 0.277. The predicted molar refractivity (Wildman–Crippen MR) is 88.2 cm³/mol. The van der Waals surface area contributed by atoms with E-state index in [2.05, 4.69) is 46.0 Å². The molecule has 0 aromatic carbocycles. The fraction of sp³-hybridized carbons (Fsp3) is 0.750. The molecule has 19 heavy (non-hydrogen) atoms. The molecule has 1 heterocycles. The molecular formula is C16H28ClNS. The van der Waals surface area contributed by atoms with Crippen LogP contribution in [0.3, 0.4) is 0 Å². The molecule has 3 heteroatoms. The average molecular weight is 302 g/mol. The van der Waals surface area contributed by atoms with Crippen molar-refractivity contribution in [3.05, 3.63) is 21.3 Å². The zero-order chi connectivity index (χ0) is 14.5. The van der Waals surface area contributed by atoms with Crippen molar-refractivity contribution in [3.8, 4) is 0 Å². The molecule has 0 saturated heterocycles. The second kappa shape index (κ2) is 7.66. The zero-order valence-corrected chi connectivity index (χ0v) is 14.5. The van der Waals surface area contributed by atoms with Gasteiger partial charge >= 0.3 is 0 Å². The fourth-order valence-electron chi connectivity index (χ4n) is 2.67. The molecule has 0 aliphatic carbocycles. The highest BCUT2D eigenvalue weighted by Gasteiger charge is 2.20. The van der Waals surface area contributed by atoms with Gasteiger partial charge in [-0.25, -0.2) is 0 Å². The second-order valence-corrected chi connectivity index (χ2v) is 8.50. The fourth-order valence-corrected chi connectivity index (χ4v) is 3.81. The molecule has 0 amide bonds. The Morgan fingerprint density at radius 2 is 2.00 bits per heavy atom. The summed E-state index contributed by atoms with van der Waals surface area (Å²) in [7, 11) is 0. The van der Waals surface area contributed by atoms with E-state index in [-0.39, 0.29) is 0 Å². The molecule has 1 aromatic heterocycles. The molecule has 0 spiro atoms. The summed E-state index contributed by atoms with van der Waals surface area (Å²) in [4.78, 5) is 1.37. The van der Waals surface area contributed by atoms with Gasteiger partial charge in [0.2, 0.25) is 0 Å². The summed E-state index contributed by atoms with van der Waals surface area (Å²) in [5.74, 6) is 0.718. The number of halogens is 1. The van der Waals surface area contributed by atoms with E-state index in [1.807, 2.05) is 6.07 Å². The van der Waals surface area contributed by atoms with Crippen LogP contribution in [0.5, 0.6) is 0 Å². The largest absolute Gasteiger partial charge is 0.309 e. The average Bonchev–Trinajstić information content (AvgIpc) is 2.68. The first kappa shape index (κ1) is 17.0. The molecule has 2 atom stereocenters. The SMILES string of the molecule is CCCNC(CC(C)CC(C)(C)C)c1ccc(Cl)s1. The minimum absolute atomic E-state index is 0.405. The van der Waals surface area contributed by atoms with E-state index < -0.39 is 0 Å². The normalized spacial score (nSPS) is 15.5. The lowest BCUT2D eigenvalue weighted by Gasteiger charge is -2.27. The van der Waals surface area contributed by atoms with Crippen LogP contribution in [0.15, 0.2) is 12.1 Å². The van der Waals surface area contributed by atoms with Crippen molar-refractivity contribution in [2.45, 2.75) is 59.9 Å². The van der Waals surface area contributed by atoms with Crippen molar-refractivity contribution in [2.75, 3.05) is 6.54 Å². The van der Waals surface area contributed by atoms with Crippen LogP contribution < -0.4 is 5.32 Å². The third kappa shape index (κ3) is 6.78. The molecule has 0 aliphatic rings. The van der Waals surface area contributed by atoms with Crippen LogP contribution in [0, 0.1) is 11.3 Å². The monoisotopic (exact) mass is 301 g/mol. The van der Waals surface area contributed by atoms with Crippen LogP contribution >= 0.6 is 22.9 Å². The Hall–Kier alpha value is -0.0500. The van der Waals surface area contributed by atoms with E-state index in [9.17, 15) is 0 Å². The molecule has 0 bridgehead atoms. The Kier molecular flexibility index (Phi) is 6.85. The smallest absolute Gasteiger partial charge is 0.0931 e. The number of hydrogen-bond acceptors (Lipinski definition) is 2. The van der Waals surface area contributed by atoms with Gasteiger partial charge in [-0.05, 0) is 49.3 Å². The highest BCUT2D eigenvalue weighted by atomic mass is 35.5. The molecule has 1 aromatic rings. The van der Waals surface area contributed by atoms with Crippen LogP contribution in [0.2, 0.25) is 4.34 Å². The van der Waals surface area contributed by atoms with Crippen molar-refractivity contribution < 1.29 is 0 Å². The van der Waals surface area contributed by atoms with Gasteiger partial charge in [0.25, 0.3) is 0 Å². The number of thiophene rings is 1. The van der Waals surface area contributed by atoms with Crippen molar-refractivity contribution >= 4 is 22.9 Å². The second-order valence-electron chi connectivity index (χ2n) is 6.75. The Labute approximate surface area is 127 Å². The molecular weight excluding hydrogens is 274 g/mol. The minimum Gasteiger partial charge on any atom is -0.309 e. The summed E-state index contributed by atoms with van der Waals surface area (Å²) < 4.78 is 0.891. The molecule has 1 N–H and O–H groups in total. The Morgan fingerprint density at radius 3 is 2.47 bits per heavy atom. The molecule has 110 valence electrons. The zero-order valence-electron chi connectivity index (χ0n) is 12.9. The summed E-state index contributed by atoms with van der Waals surface area (Å²) in [5.41, 5.74) is 0.405. The topological polar surface area (TPSA) is 12.0 Å². The quantitative estimate of drug-likeness (QED) is 0.660. The van der Waals surface area contributed by atoms with E-state index >= 15 is 0 Å². The highest BCUT2D eigenvalue weighted by Crippen LogP contribution is 2.34. The van der Waals surface area contributed by atoms with E-state index in [0.717, 1.165) is 16.8 Å². The van der Waals surface area contributed by atoms with Gasteiger partial charge in [0.05, 0.1) is 4.34 Å². The van der Waals surface area contributed by atoms with Crippen molar-refractivity contribution in [1.29, 1.82) is 0 Å². The molecule has 2 unspecified atom stereocenters. The van der Waals surface area contributed by atoms with E-state index in [1.54, 1.807) is 11.3 Å². The Balaban J connectivity index is 2.64. The van der Waals surface area contributed by atoms with Gasteiger partial charge < -0.3 is 5.32 Å². The first-order valence-corrected chi connectivity index (χ1v) is 8.50. The van der Waals surface area contributed by atoms with E-state index in [1.165, 1.54) is 24.1 Å². The summed E-state index contributed by atoms with van der Waals surface area (Å²) >= 11 is 7.78. The first-order chi connectivity index (χ1) is 8.81. The van der Waals surface area contributed by atoms with Crippen molar-refractivity contribution in [3.63, 3.8) is 0 Å². The molecule has 0 aliphatic heterocycles. The third-order valence-corrected chi connectivity index (χ3v) is 4.52. The minimum atomic E-state index is 0.405. The predicted octanol–water partition coefficient (Wildman–Crippen LogP) is 5.90. The highest BCUT2D eigenvalue weighted by molar-refractivity contribution is 7.16. The molecule has 1 rings (SSSR count). The van der Waals surface area contributed by atoms with Crippen LogP contribution in [0.25, 0.3) is 0 Å². The maximum absolute atomic E-state index is 6.07. The van der Waals surface area contributed by atoms with E-state index in [0.29, 0.717) is 11.5 Å². The standard InChI is InChI=1S/C16H28ClNS/c1-6-9-18-13(14-7-8-15(17)19-14)10-12(2)11-16(3,4)5/h7-8,12-13,18H,6,9-11H2,1-5H3. The van der Waals surface area contributed by atoms with Gasteiger partial charge in [0, 0.05) is 10.9 Å². The number of nitrogens with one attached hydrogen (secondary N) is 1. The Bertz CT molecular complexity index is 367. The van der Waals surface area contributed by atoms with Crippen LogP contribution in [-0.2, 0) is 0 Å². The van der Waals surface area contributed by atoms with Gasteiger partial charge in [0.15, 0.2) is 0 Å². The lowest BCUT2D eigenvalue weighted by atomic mass is 9.83. The van der Waals surface area contributed by atoms with Gasteiger partial charge in [0.1, 0.15) is 0 Å². The van der Waals surface area contributed by atoms with Crippen LogP contribution in [0.1, 0.15) is 64.8 Å². The Morgan fingerprint density at radius 1 is 1.32 bits per heavy atom. The van der Waals surface area contributed by atoms with Crippen molar-refractivity contribution in [2.24, 2.45) is 11.3 Å². The molecule has 1 nitrogen and oxygen atoms in total. The number of hydrogen-bond donors (Lipinski definition) is 1. The summed E-state index contributed by atoms with van der Waals surface area (Å²) in [5, 5.41) is 3.67.